The molecule has 0 aliphatic carbocycles. The molecule has 6 heterocycles. The van der Waals surface area contributed by atoms with Crippen molar-refractivity contribution in [1.82, 2.24) is 44.6 Å². The van der Waals surface area contributed by atoms with Crippen LogP contribution < -0.4 is 0 Å². The Morgan fingerprint density at radius 1 is 0.705 bits per heavy atom. The van der Waals surface area contributed by atoms with Crippen LogP contribution in [0.2, 0.25) is 0 Å². The number of hydrogen-bond donors (Lipinski definition) is 2. The fourth-order valence-corrected chi connectivity index (χ4v) is 5.48. The number of alkyl halides is 3. The highest BCUT2D eigenvalue weighted by Crippen LogP contribution is 2.35. The third-order valence-electron chi connectivity index (χ3n) is 7.65. The second-order valence-electron chi connectivity index (χ2n) is 11.0. The lowest BCUT2D eigenvalue weighted by Gasteiger charge is -2.33. The van der Waals surface area contributed by atoms with Gasteiger partial charge in [0.25, 0.3) is 0 Å². The van der Waals surface area contributed by atoms with E-state index in [1.165, 1.54) is 10.7 Å². The molecule has 0 amide bonds. The van der Waals surface area contributed by atoms with Crippen LogP contribution in [0.25, 0.3) is 11.4 Å². The van der Waals surface area contributed by atoms with Gasteiger partial charge in [0.05, 0.1) is 42.4 Å². The van der Waals surface area contributed by atoms with Crippen LogP contribution in [0.4, 0.5) is 13.2 Å². The summed E-state index contributed by atoms with van der Waals surface area (Å²) in [6.07, 6.45) is -4.76. The van der Waals surface area contributed by atoms with E-state index in [0.29, 0.717) is 76.0 Å². The van der Waals surface area contributed by atoms with Crippen LogP contribution in [0, 0.1) is 0 Å². The Morgan fingerprint density at radius 3 is 1.68 bits per heavy atom. The van der Waals surface area contributed by atoms with Gasteiger partial charge in [0.15, 0.2) is 5.69 Å². The first-order chi connectivity index (χ1) is 21.0. The second-order valence-corrected chi connectivity index (χ2v) is 11.0. The fraction of sp³-hybridized carbons (Fsp3) is 0.500. The summed E-state index contributed by atoms with van der Waals surface area (Å²) in [5, 5.41) is 26.5. The van der Waals surface area contributed by atoms with Crippen molar-refractivity contribution in [3.05, 3.63) is 59.2 Å². The minimum absolute atomic E-state index is 0.0596. The molecule has 0 radical (unpaired) electrons. The van der Waals surface area contributed by atoms with E-state index in [0.717, 1.165) is 0 Å². The number of hydrogen-bond acceptors (Lipinski definition) is 10. The van der Waals surface area contributed by atoms with E-state index in [9.17, 15) is 33.0 Å². The lowest BCUT2D eigenvalue weighted by molar-refractivity contribution is -0.141. The van der Waals surface area contributed by atoms with E-state index in [2.05, 4.69) is 20.2 Å². The maximum Gasteiger partial charge on any atom is 0.437 e. The zero-order valence-electron chi connectivity index (χ0n) is 24.0. The van der Waals surface area contributed by atoms with Crippen LogP contribution in [0.3, 0.4) is 0 Å². The number of aromatic nitrogens is 5. The molecule has 3 aliphatic heterocycles. The van der Waals surface area contributed by atoms with Crippen molar-refractivity contribution in [1.29, 1.82) is 0 Å². The average molecular weight is 618 g/mol. The van der Waals surface area contributed by atoms with Crippen LogP contribution in [-0.2, 0) is 35.4 Å². The van der Waals surface area contributed by atoms with Gasteiger partial charge >= 0.3 is 18.1 Å². The maximum atomic E-state index is 14.1. The average Bonchev–Trinajstić information content (AvgIpc) is 3.38. The Labute approximate surface area is 251 Å². The molecule has 236 valence electrons. The quantitative estimate of drug-likeness (QED) is 0.434. The summed E-state index contributed by atoms with van der Waals surface area (Å²) in [5.74, 6) is -1.89. The van der Waals surface area contributed by atoms with Crippen LogP contribution >= 0.6 is 0 Å². The van der Waals surface area contributed by atoms with E-state index in [4.69, 9.17) is 4.98 Å². The van der Waals surface area contributed by atoms with Crippen molar-refractivity contribution < 1.29 is 33.0 Å². The van der Waals surface area contributed by atoms with Crippen molar-refractivity contribution in [3.8, 4) is 11.4 Å². The Morgan fingerprint density at radius 2 is 1.18 bits per heavy atom. The summed E-state index contributed by atoms with van der Waals surface area (Å²) in [5.41, 5.74) is 0.295. The van der Waals surface area contributed by atoms with Crippen LogP contribution in [0.15, 0.2) is 36.4 Å². The Kier molecular flexibility index (Phi) is 9.83. The molecule has 3 aromatic rings. The van der Waals surface area contributed by atoms with Crippen molar-refractivity contribution in [2.45, 2.75) is 25.8 Å². The largest absolute Gasteiger partial charge is 0.480 e. The number of pyridine rings is 2. The molecule has 6 rings (SSSR count). The standard InChI is InChI=1S/C28H34F3N9O4/c29-28(30,31)27-26-23-6-2-5-21(33-23)16-37-9-13-38(18-24(41)42)11-7-36(8-12-39(14-10-37)19-25(43)44)15-20-3-1-4-22(32-20)17-40(26)35-34-27/h1-6H,7-19H2,(H,41,42)(H,43,44). The summed E-state index contributed by atoms with van der Waals surface area (Å²) < 4.78 is 43.4. The minimum atomic E-state index is -4.76. The molecular weight excluding hydrogens is 583 g/mol. The highest BCUT2D eigenvalue weighted by Gasteiger charge is 2.39. The zero-order valence-corrected chi connectivity index (χ0v) is 24.0. The van der Waals surface area contributed by atoms with Gasteiger partial charge < -0.3 is 10.2 Å². The van der Waals surface area contributed by atoms with Crippen molar-refractivity contribution in [2.24, 2.45) is 0 Å². The molecular formula is C28H34F3N9O4. The van der Waals surface area contributed by atoms with E-state index in [1.54, 1.807) is 24.3 Å². The van der Waals surface area contributed by atoms with Gasteiger partial charge in [0.2, 0.25) is 0 Å². The SMILES string of the molecule is O=C(O)CN1CCN2CCN(CC(=O)O)CCN(CC1)Cc1cccc(n1)-c1c(C(F)(F)F)nnn1Cc1cccc(n1)C2. The third-order valence-corrected chi connectivity index (χ3v) is 7.65. The molecule has 1 saturated heterocycles. The van der Waals surface area contributed by atoms with Crippen LogP contribution in [0.5, 0.6) is 0 Å². The topological polar surface area (TPSA) is 144 Å². The molecule has 0 unspecified atom stereocenters. The van der Waals surface area contributed by atoms with Gasteiger partial charge in [-0.15, -0.1) is 5.10 Å². The molecule has 6 bridgehead atoms. The molecule has 0 aromatic carbocycles. The van der Waals surface area contributed by atoms with E-state index in [-0.39, 0.29) is 37.6 Å². The lowest BCUT2D eigenvalue weighted by Crippen LogP contribution is -2.47. The fourth-order valence-electron chi connectivity index (χ4n) is 5.48. The molecule has 0 saturated carbocycles. The Hall–Kier alpha value is -3.99. The predicted molar refractivity (Wildman–Crippen MR) is 150 cm³/mol. The number of carboxylic acids is 2. The number of carboxylic acid groups (broad SMARTS) is 2. The number of carbonyl (C=O) groups is 2. The number of nitrogens with zero attached hydrogens (tertiary/aromatic N) is 9. The molecule has 1 fully saturated rings. The molecule has 16 heteroatoms. The third kappa shape index (κ3) is 8.34. The van der Waals surface area contributed by atoms with Gasteiger partial charge in [-0.25, -0.2) is 9.67 Å². The molecule has 13 nitrogen and oxygen atoms in total. The van der Waals surface area contributed by atoms with Gasteiger partial charge in [-0.05, 0) is 24.3 Å². The number of fused-ring (bicyclic) bond motifs is 8. The molecule has 0 atom stereocenters. The summed E-state index contributed by atoms with van der Waals surface area (Å²) >= 11 is 0. The highest BCUT2D eigenvalue weighted by molar-refractivity contribution is 5.69. The predicted octanol–water partition coefficient (Wildman–Crippen LogP) is 1.21. The summed E-state index contributed by atoms with van der Waals surface area (Å²) in [6.45, 7) is 3.94. The molecule has 0 spiro atoms. The first kappa shape index (κ1) is 31.4. The first-order valence-electron chi connectivity index (χ1n) is 14.3. The number of rotatable bonds is 4. The summed E-state index contributed by atoms with van der Waals surface area (Å²) in [6, 6.07) is 10.1. The number of aliphatic carboxylic acids is 2. The van der Waals surface area contributed by atoms with Gasteiger partial charge in [0, 0.05) is 65.4 Å². The Balaban J connectivity index is 1.60. The summed E-state index contributed by atoms with van der Waals surface area (Å²) in [7, 11) is 0. The van der Waals surface area contributed by atoms with E-state index in [1.807, 2.05) is 20.8 Å². The number of halogens is 3. The minimum Gasteiger partial charge on any atom is -0.480 e. The monoisotopic (exact) mass is 617 g/mol. The van der Waals surface area contributed by atoms with Crippen molar-refractivity contribution in [3.63, 3.8) is 0 Å². The van der Waals surface area contributed by atoms with Gasteiger partial charge in [0.1, 0.15) is 5.69 Å². The Bertz CT molecular complexity index is 1440. The molecule has 2 N–H and O–H groups in total. The summed E-state index contributed by atoms with van der Waals surface area (Å²) in [4.78, 5) is 40.5. The lowest BCUT2D eigenvalue weighted by atomic mass is 10.2. The molecule has 44 heavy (non-hydrogen) atoms. The van der Waals surface area contributed by atoms with Crippen molar-refractivity contribution in [2.75, 3.05) is 65.4 Å². The van der Waals surface area contributed by atoms with Gasteiger partial charge in [-0.2, -0.15) is 13.2 Å². The van der Waals surface area contributed by atoms with Crippen LogP contribution in [-0.4, -0.2) is 132 Å². The van der Waals surface area contributed by atoms with Gasteiger partial charge in [-0.3, -0.25) is 34.2 Å². The normalized spacial score (nSPS) is 20.9. The van der Waals surface area contributed by atoms with Crippen molar-refractivity contribution >= 4 is 11.9 Å². The molecule has 3 aromatic heterocycles. The first-order valence-corrected chi connectivity index (χ1v) is 14.3. The highest BCUT2D eigenvalue weighted by atomic mass is 19.4. The maximum absolute atomic E-state index is 14.1. The zero-order chi connectivity index (χ0) is 31.3. The van der Waals surface area contributed by atoms with E-state index >= 15 is 0 Å². The molecule has 3 aliphatic rings. The van der Waals surface area contributed by atoms with Crippen LogP contribution in [0.1, 0.15) is 22.8 Å². The smallest absolute Gasteiger partial charge is 0.437 e. The van der Waals surface area contributed by atoms with E-state index < -0.39 is 23.8 Å². The second kappa shape index (κ2) is 13.8. The van der Waals surface area contributed by atoms with Gasteiger partial charge in [-0.1, -0.05) is 17.3 Å².